The zero-order chi connectivity index (χ0) is 13.2. The molecule has 0 aliphatic carbocycles. The monoisotopic (exact) mass is 310 g/mol. The number of aromatic nitrogens is 1. The van der Waals surface area contributed by atoms with Gasteiger partial charge in [0.2, 0.25) is 0 Å². The Hall–Kier alpha value is -0.850. The molecule has 2 heterocycles. The number of thiocarbonyl (C=S) groups is 1. The predicted molar refractivity (Wildman–Crippen MR) is 87.1 cm³/mol. The lowest BCUT2D eigenvalue weighted by Crippen LogP contribution is -2.24. The van der Waals surface area contributed by atoms with Gasteiger partial charge in [-0.1, -0.05) is 47.4 Å². The van der Waals surface area contributed by atoms with E-state index in [-0.39, 0.29) is 4.87 Å². The van der Waals surface area contributed by atoms with Gasteiger partial charge >= 0.3 is 4.87 Å². The molecule has 0 spiro atoms. The normalized spacial score (nSPS) is 15.3. The highest BCUT2D eigenvalue weighted by Gasteiger charge is 2.16. The van der Waals surface area contributed by atoms with Crippen molar-refractivity contribution in [1.29, 1.82) is 0 Å². The largest absolute Gasteiger partial charge is 0.357 e. The smallest absolute Gasteiger partial charge is 0.308 e. The first-order valence-corrected chi connectivity index (χ1v) is 8.47. The molecule has 0 atom stereocenters. The highest BCUT2D eigenvalue weighted by molar-refractivity contribution is 8.22. The summed E-state index contributed by atoms with van der Waals surface area (Å²) in [6, 6.07) is 7.91. The fourth-order valence-corrected chi connectivity index (χ4v) is 4.42. The van der Waals surface area contributed by atoms with Crippen molar-refractivity contribution in [2.45, 2.75) is 18.7 Å². The first-order chi connectivity index (χ1) is 9.25. The third-order valence-corrected chi connectivity index (χ3v) is 5.72. The Morgan fingerprint density at radius 2 is 2.05 bits per heavy atom. The first-order valence-electron chi connectivity index (χ1n) is 6.26. The average molecular weight is 310 g/mol. The van der Waals surface area contributed by atoms with Crippen LogP contribution in [0.25, 0.3) is 10.2 Å². The zero-order valence-corrected chi connectivity index (χ0v) is 12.8. The molecule has 0 unspecified atom stereocenters. The highest BCUT2D eigenvalue weighted by Crippen LogP contribution is 2.21. The predicted octanol–water partition coefficient (Wildman–Crippen LogP) is 3.13. The molecule has 0 N–H and O–H groups in total. The van der Waals surface area contributed by atoms with Crippen LogP contribution in [0.3, 0.4) is 0 Å². The Morgan fingerprint density at radius 3 is 2.84 bits per heavy atom. The molecule has 1 aliphatic heterocycles. The topological polar surface area (TPSA) is 25.2 Å². The van der Waals surface area contributed by atoms with Crippen molar-refractivity contribution < 1.29 is 0 Å². The summed E-state index contributed by atoms with van der Waals surface area (Å²) in [5, 5.41) is 0. The number of likely N-dealkylation sites (tertiary alicyclic amines) is 1. The Balaban J connectivity index is 1.76. The SMILES string of the molecule is O=c1sc2ccccc2n1CSC(=S)N1CCCC1. The van der Waals surface area contributed by atoms with Crippen LogP contribution in [0.4, 0.5) is 0 Å². The first kappa shape index (κ1) is 13.1. The van der Waals surface area contributed by atoms with Crippen LogP contribution in [0.5, 0.6) is 0 Å². The van der Waals surface area contributed by atoms with Crippen molar-refractivity contribution >= 4 is 49.9 Å². The quantitative estimate of drug-likeness (QED) is 0.796. The zero-order valence-electron chi connectivity index (χ0n) is 10.4. The molecule has 3 rings (SSSR count). The number of para-hydroxylation sites is 1. The van der Waals surface area contributed by atoms with E-state index in [9.17, 15) is 4.79 Å². The van der Waals surface area contributed by atoms with Crippen LogP contribution in [0.15, 0.2) is 29.1 Å². The summed E-state index contributed by atoms with van der Waals surface area (Å²) in [5.41, 5.74) is 1.01. The Labute approximate surface area is 125 Å². The average Bonchev–Trinajstić information content (AvgIpc) is 3.03. The minimum Gasteiger partial charge on any atom is -0.357 e. The van der Waals surface area contributed by atoms with Crippen molar-refractivity contribution in [3.05, 3.63) is 33.9 Å². The number of nitrogens with zero attached hydrogens (tertiary/aromatic N) is 2. The second-order valence-corrected chi connectivity index (χ2v) is 7.07. The van der Waals surface area contributed by atoms with Crippen molar-refractivity contribution in [1.82, 2.24) is 9.47 Å². The molecule has 0 bridgehead atoms. The Bertz CT molecular complexity index is 655. The molecule has 1 aromatic carbocycles. The third-order valence-electron chi connectivity index (χ3n) is 3.26. The maximum atomic E-state index is 12.0. The number of thioether (sulfide) groups is 1. The minimum absolute atomic E-state index is 0.0953. The Kier molecular flexibility index (Phi) is 3.91. The van der Waals surface area contributed by atoms with Gasteiger partial charge in [-0.2, -0.15) is 0 Å². The number of thiazole rings is 1. The molecular formula is C13H14N2OS3. The van der Waals surface area contributed by atoms with Gasteiger partial charge in [-0.3, -0.25) is 9.36 Å². The van der Waals surface area contributed by atoms with Crippen LogP contribution >= 0.6 is 35.3 Å². The van der Waals surface area contributed by atoms with Gasteiger partial charge in [0.25, 0.3) is 0 Å². The molecule has 0 saturated carbocycles. The summed E-state index contributed by atoms with van der Waals surface area (Å²) in [6.45, 7) is 2.12. The van der Waals surface area contributed by atoms with Crippen LogP contribution in [0.1, 0.15) is 12.8 Å². The second kappa shape index (κ2) is 5.64. The van der Waals surface area contributed by atoms with E-state index in [1.165, 1.54) is 24.2 Å². The fourth-order valence-electron chi connectivity index (χ4n) is 2.25. The van der Waals surface area contributed by atoms with E-state index in [1.807, 2.05) is 28.8 Å². The standard InChI is InChI=1S/C13H14N2OS3/c16-12-15(10-5-1-2-6-11(10)19-12)9-18-13(17)14-7-3-4-8-14/h1-2,5-6H,3-4,7-9H2. The molecule has 6 heteroatoms. The summed E-state index contributed by atoms with van der Waals surface area (Å²) < 4.78 is 3.77. The van der Waals surface area contributed by atoms with Gasteiger partial charge in [0.15, 0.2) is 0 Å². The number of fused-ring (bicyclic) bond motifs is 1. The lowest BCUT2D eigenvalue weighted by molar-refractivity contribution is 0.539. The van der Waals surface area contributed by atoms with Gasteiger partial charge in [0.1, 0.15) is 4.32 Å². The van der Waals surface area contributed by atoms with Gasteiger partial charge in [0.05, 0.1) is 16.1 Å². The van der Waals surface area contributed by atoms with Crippen LogP contribution in [0, 0.1) is 0 Å². The van der Waals surface area contributed by atoms with Crippen molar-refractivity contribution in [3.8, 4) is 0 Å². The molecule has 1 fully saturated rings. The van der Waals surface area contributed by atoms with Crippen molar-refractivity contribution in [2.75, 3.05) is 13.1 Å². The van der Waals surface area contributed by atoms with Gasteiger partial charge in [0, 0.05) is 13.1 Å². The van der Waals surface area contributed by atoms with E-state index in [1.54, 1.807) is 11.8 Å². The van der Waals surface area contributed by atoms with E-state index in [2.05, 4.69) is 4.90 Å². The minimum atomic E-state index is 0.0953. The summed E-state index contributed by atoms with van der Waals surface area (Å²) in [7, 11) is 0. The summed E-state index contributed by atoms with van der Waals surface area (Å²) in [4.78, 5) is 14.3. The van der Waals surface area contributed by atoms with E-state index in [0.29, 0.717) is 5.88 Å². The lowest BCUT2D eigenvalue weighted by Gasteiger charge is -2.17. The summed E-state index contributed by atoms with van der Waals surface area (Å²) in [6.07, 6.45) is 2.45. The molecule has 3 nitrogen and oxygen atoms in total. The Morgan fingerprint density at radius 1 is 1.32 bits per heavy atom. The summed E-state index contributed by atoms with van der Waals surface area (Å²) >= 11 is 8.32. The fraction of sp³-hybridized carbons (Fsp3) is 0.385. The highest BCUT2D eigenvalue weighted by atomic mass is 32.2. The van der Waals surface area contributed by atoms with Crippen LogP contribution < -0.4 is 4.87 Å². The molecule has 1 aromatic heterocycles. The molecular weight excluding hydrogens is 296 g/mol. The van der Waals surface area contributed by atoms with Gasteiger partial charge in [-0.15, -0.1) is 0 Å². The molecule has 19 heavy (non-hydrogen) atoms. The number of hydrogen-bond donors (Lipinski definition) is 0. The maximum absolute atomic E-state index is 12.0. The molecule has 0 amide bonds. The maximum Gasteiger partial charge on any atom is 0.308 e. The number of rotatable bonds is 2. The van der Waals surface area contributed by atoms with Crippen LogP contribution in [-0.4, -0.2) is 26.9 Å². The molecule has 100 valence electrons. The van der Waals surface area contributed by atoms with E-state index < -0.39 is 0 Å². The molecule has 2 aromatic rings. The summed E-state index contributed by atoms with van der Waals surface area (Å²) in [5.74, 6) is 0.609. The third kappa shape index (κ3) is 2.70. The van der Waals surface area contributed by atoms with Crippen LogP contribution in [-0.2, 0) is 5.88 Å². The van der Waals surface area contributed by atoms with Gasteiger partial charge in [-0.05, 0) is 25.0 Å². The second-order valence-electron chi connectivity index (χ2n) is 4.50. The van der Waals surface area contributed by atoms with Gasteiger partial charge < -0.3 is 4.90 Å². The molecule has 1 saturated heterocycles. The number of hydrogen-bond acceptors (Lipinski definition) is 4. The lowest BCUT2D eigenvalue weighted by atomic mass is 10.3. The van der Waals surface area contributed by atoms with E-state index in [0.717, 1.165) is 27.6 Å². The van der Waals surface area contributed by atoms with Crippen molar-refractivity contribution in [3.63, 3.8) is 0 Å². The van der Waals surface area contributed by atoms with E-state index in [4.69, 9.17) is 12.2 Å². The van der Waals surface area contributed by atoms with E-state index >= 15 is 0 Å². The molecule has 0 radical (unpaired) electrons. The van der Waals surface area contributed by atoms with Crippen molar-refractivity contribution in [2.24, 2.45) is 0 Å². The molecule has 1 aliphatic rings. The number of benzene rings is 1. The van der Waals surface area contributed by atoms with Gasteiger partial charge in [-0.25, -0.2) is 0 Å². The van der Waals surface area contributed by atoms with Crippen LogP contribution in [0.2, 0.25) is 0 Å².